The summed E-state index contributed by atoms with van der Waals surface area (Å²) in [6, 6.07) is 14.3. The van der Waals surface area contributed by atoms with Gasteiger partial charge < -0.3 is 0 Å². The van der Waals surface area contributed by atoms with E-state index in [4.69, 9.17) is 0 Å². The van der Waals surface area contributed by atoms with Crippen molar-refractivity contribution in [2.24, 2.45) is 0 Å². The molecule has 1 atom stereocenters. The molecule has 0 unspecified atom stereocenters. The van der Waals surface area contributed by atoms with Crippen molar-refractivity contribution < 1.29 is 4.79 Å². The number of benzene rings is 1. The van der Waals surface area contributed by atoms with E-state index < -0.39 is 0 Å². The van der Waals surface area contributed by atoms with Gasteiger partial charge in [-0.25, -0.2) is 0 Å². The molecule has 1 aromatic heterocycles. The van der Waals surface area contributed by atoms with Gasteiger partial charge in [-0.3, -0.25) is 4.79 Å². The summed E-state index contributed by atoms with van der Waals surface area (Å²) in [5, 5.41) is 2.36. The molecule has 0 saturated heterocycles. The molecule has 0 bridgehead atoms. The topological polar surface area (TPSA) is 17.1 Å². The Kier molecular flexibility index (Phi) is 6.09. The minimum atomic E-state index is 0.105. The van der Waals surface area contributed by atoms with Crippen molar-refractivity contribution in [1.82, 2.24) is 0 Å². The lowest BCUT2D eigenvalue weighted by molar-refractivity contribution is 0.105. The highest BCUT2D eigenvalue weighted by Crippen LogP contribution is 2.32. The lowest BCUT2D eigenvalue weighted by Gasteiger charge is -2.13. The summed E-state index contributed by atoms with van der Waals surface area (Å²) in [5.74, 6) is 1.18. The van der Waals surface area contributed by atoms with Gasteiger partial charge in [0.1, 0.15) is 0 Å². The Labute approximate surface area is 128 Å². The molecule has 0 saturated carbocycles. The minimum absolute atomic E-state index is 0.105. The van der Waals surface area contributed by atoms with Gasteiger partial charge in [0.25, 0.3) is 0 Å². The number of hydrogen-bond acceptors (Lipinski definition) is 3. The highest BCUT2D eigenvalue weighted by Gasteiger charge is 2.09. The van der Waals surface area contributed by atoms with Crippen molar-refractivity contribution in [2.45, 2.75) is 18.6 Å². The maximum absolute atomic E-state index is 11.9. The number of ketones is 1. The standard InChI is InChI=1S/C17H18OS2/c1-2-19-16(14-8-4-3-5-9-14)11-6-10-15(18)17-12-7-13-20-17/h3-10,12-13,16H,2,11H2,1H3/b10-6+/t16-/m1/s1. The lowest BCUT2D eigenvalue weighted by atomic mass is 10.1. The van der Waals surface area contributed by atoms with Crippen molar-refractivity contribution in [1.29, 1.82) is 0 Å². The Bertz CT molecular complexity index is 544. The summed E-state index contributed by atoms with van der Waals surface area (Å²) in [5.41, 5.74) is 1.33. The SMILES string of the molecule is CCS[C@H](C/C=C/C(=O)c1cccs1)c1ccccc1. The largest absolute Gasteiger partial charge is 0.288 e. The number of rotatable bonds is 7. The van der Waals surface area contributed by atoms with Gasteiger partial charge in [0.05, 0.1) is 4.88 Å². The van der Waals surface area contributed by atoms with E-state index in [0.29, 0.717) is 5.25 Å². The van der Waals surface area contributed by atoms with E-state index in [1.54, 1.807) is 6.08 Å². The van der Waals surface area contributed by atoms with E-state index in [0.717, 1.165) is 17.1 Å². The fourth-order valence-corrected chi connectivity index (χ4v) is 3.61. The van der Waals surface area contributed by atoms with Crippen LogP contribution in [0.2, 0.25) is 0 Å². The number of hydrogen-bond donors (Lipinski definition) is 0. The Morgan fingerprint density at radius 2 is 2.05 bits per heavy atom. The molecule has 3 heteroatoms. The van der Waals surface area contributed by atoms with Gasteiger partial charge >= 0.3 is 0 Å². The van der Waals surface area contributed by atoms with Crippen molar-refractivity contribution >= 4 is 28.9 Å². The first-order valence-electron chi connectivity index (χ1n) is 6.72. The van der Waals surface area contributed by atoms with Gasteiger partial charge in [-0.15, -0.1) is 11.3 Å². The molecule has 0 fully saturated rings. The molecular formula is C17H18OS2. The molecule has 1 nitrogen and oxygen atoms in total. The fourth-order valence-electron chi connectivity index (χ4n) is 1.97. The summed E-state index contributed by atoms with van der Waals surface area (Å²) >= 11 is 3.41. The Balaban J connectivity index is 1.97. The molecule has 0 aliphatic carbocycles. The van der Waals surface area contributed by atoms with E-state index in [1.165, 1.54) is 16.9 Å². The zero-order valence-electron chi connectivity index (χ0n) is 11.5. The third kappa shape index (κ3) is 4.36. The van der Waals surface area contributed by atoms with Gasteiger partial charge in [-0.1, -0.05) is 49.4 Å². The molecule has 2 aromatic rings. The van der Waals surface area contributed by atoms with Crippen LogP contribution in [0.4, 0.5) is 0 Å². The van der Waals surface area contributed by atoms with Crippen molar-refractivity contribution in [3.8, 4) is 0 Å². The zero-order chi connectivity index (χ0) is 14.2. The molecular weight excluding hydrogens is 284 g/mol. The molecule has 20 heavy (non-hydrogen) atoms. The van der Waals surface area contributed by atoms with Gasteiger partial charge in [0.15, 0.2) is 5.78 Å². The molecule has 0 amide bonds. The number of allylic oxidation sites excluding steroid dienone is 2. The molecule has 1 aromatic carbocycles. The molecule has 1 heterocycles. The monoisotopic (exact) mass is 302 g/mol. The normalized spacial score (nSPS) is 12.7. The van der Waals surface area contributed by atoms with E-state index in [-0.39, 0.29) is 5.78 Å². The van der Waals surface area contributed by atoms with Crippen LogP contribution < -0.4 is 0 Å². The van der Waals surface area contributed by atoms with Crippen molar-refractivity contribution in [3.05, 3.63) is 70.4 Å². The Morgan fingerprint density at radius 1 is 1.25 bits per heavy atom. The minimum Gasteiger partial charge on any atom is -0.288 e. The van der Waals surface area contributed by atoms with Crippen LogP contribution in [0.1, 0.15) is 33.8 Å². The third-order valence-corrected chi connectivity index (χ3v) is 5.01. The van der Waals surface area contributed by atoms with Gasteiger partial charge in [0.2, 0.25) is 0 Å². The number of thiophene rings is 1. The predicted molar refractivity (Wildman–Crippen MR) is 89.7 cm³/mol. The second kappa shape index (κ2) is 8.08. The quantitative estimate of drug-likeness (QED) is 0.505. The fraction of sp³-hybridized carbons (Fsp3) is 0.235. The van der Waals surface area contributed by atoms with Crippen LogP contribution in [-0.4, -0.2) is 11.5 Å². The highest BCUT2D eigenvalue weighted by molar-refractivity contribution is 7.99. The maximum Gasteiger partial charge on any atom is 0.195 e. The molecule has 0 radical (unpaired) electrons. The summed E-state index contributed by atoms with van der Waals surface area (Å²) < 4.78 is 0. The summed E-state index contributed by atoms with van der Waals surface area (Å²) in [4.78, 5) is 12.7. The molecule has 0 aliphatic heterocycles. The molecule has 0 aliphatic rings. The average Bonchev–Trinajstić information content (AvgIpc) is 3.01. The van der Waals surface area contributed by atoms with Crippen LogP contribution in [0, 0.1) is 0 Å². The van der Waals surface area contributed by atoms with Crippen molar-refractivity contribution in [3.63, 3.8) is 0 Å². The second-order valence-corrected chi connectivity index (χ2v) is 6.76. The van der Waals surface area contributed by atoms with Crippen LogP contribution in [0.15, 0.2) is 60.0 Å². The lowest BCUT2D eigenvalue weighted by Crippen LogP contribution is -1.94. The van der Waals surface area contributed by atoms with Crippen LogP contribution in [-0.2, 0) is 0 Å². The number of carbonyl (C=O) groups excluding carboxylic acids is 1. The molecule has 104 valence electrons. The van der Waals surface area contributed by atoms with Gasteiger partial charge in [-0.05, 0) is 35.3 Å². The number of carbonyl (C=O) groups is 1. The summed E-state index contributed by atoms with van der Waals surface area (Å²) in [6.45, 7) is 2.17. The first kappa shape index (κ1) is 15.1. The smallest absolute Gasteiger partial charge is 0.195 e. The molecule has 2 rings (SSSR count). The Morgan fingerprint density at radius 3 is 2.70 bits per heavy atom. The van der Waals surface area contributed by atoms with E-state index in [1.807, 2.05) is 41.4 Å². The van der Waals surface area contributed by atoms with Gasteiger partial charge in [-0.2, -0.15) is 11.8 Å². The highest BCUT2D eigenvalue weighted by atomic mass is 32.2. The first-order chi connectivity index (χ1) is 9.81. The van der Waals surface area contributed by atoms with Crippen LogP contribution >= 0.6 is 23.1 Å². The first-order valence-corrected chi connectivity index (χ1v) is 8.65. The van der Waals surface area contributed by atoms with Crippen molar-refractivity contribution in [2.75, 3.05) is 5.75 Å². The second-order valence-electron chi connectivity index (χ2n) is 4.33. The average molecular weight is 302 g/mol. The van der Waals surface area contributed by atoms with Crippen LogP contribution in [0.25, 0.3) is 0 Å². The van der Waals surface area contributed by atoms with E-state index >= 15 is 0 Å². The maximum atomic E-state index is 11.9. The third-order valence-electron chi connectivity index (χ3n) is 2.92. The van der Waals surface area contributed by atoms with E-state index in [9.17, 15) is 4.79 Å². The van der Waals surface area contributed by atoms with Crippen LogP contribution in [0.5, 0.6) is 0 Å². The van der Waals surface area contributed by atoms with Crippen LogP contribution in [0.3, 0.4) is 0 Å². The van der Waals surface area contributed by atoms with E-state index in [2.05, 4.69) is 31.2 Å². The molecule has 0 spiro atoms. The van der Waals surface area contributed by atoms with Gasteiger partial charge in [0, 0.05) is 5.25 Å². The molecule has 0 N–H and O–H groups in total. The Hall–Kier alpha value is -1.32. The summed E-state index contributed by atoms with van der Waals surface area (Å²) in [6.07, 6.45) is 4.60. The zero-order valence-corrected chi connectivity index (χ0v) is 13.1. The predicted octanol–water partition coefficient (Wildman–Crippen LogP) is 5.37. The number of thioether (sulfide) groups is 1. The summed E-state index contributed by atoms with van der Waals surface area (Å²) in [7, 11) is 0.